The van der Waals surface area contributed by atoms with Crippen LogP contribution in [0.1, 0.15) is 60.3 Å². The zero-order valence-electron chi connectivity index (χ0n) is 13.2. The number of nitrogens with zero attached hydrogens (tertiary/aromatic N) is 1. The lowest BCUT2D eigenvalue weighted by Gasteiger charge is -2.40. The average Bonchev–Trinajstić information content (AvgIpc) is 2.39. The molecule has 1 heterocycles. The van der Waals surface area contributed by atoms with Crippen LogP contribution in [0.2, 0.25) is 0 Å². The summed E-state index contributed by atoms with van der Waals surface area (Å²) in [5.74, 6) is 1.82. The van der Waals surface area contributed by atoms with Gasteiger partial charge in [-0.05, 0) is 64.1 Å². The van der Waals surface area contributed by atoms with Gasteiger partial charge in [-0.3, -0.25) is 4.90 Å². The van der Waals surface area contributed by atoms with Gasteiger partial charge in [0.1, 0.15) is 0 Å². The summed E-state index contributed by atoms with van der Waals surface area (Å²) in [4.78, 5) is 2.70. The first kappa shape index (κ1) is 16.0. The second-order valence-corrected chi connectivity index (χ2v) is 6.33. The molecule has 2 atom stereocenters. The highest BCUT2D eigenvalue weighted by Gasteiger charge is 2.27. The summed E-state index contributed by atoms with van der Waals surface area (Å²) < 4.78 is 0. The molecule has 2 heteroatoms. The third-order valence-electron chi connectivity index (χ3n) is 4.77. The maximum atomic E-state index is 3.71. The van der Waals surface area contributed by atoms with E-state index in [-0.39, 0.29) is 0 Å². The largest absolute Gasteiger partial charge is 0.312 e. The highest BCUT2D eigenvalue weighted by molar-refractivity contribution is 4.84. The van der Waals surface area contributed by atoms with Crippen LogP contribution >= 0.6 is 0 Å². The van der Waals surface area contributed by atoms with Gasteiger partial charge in [-0.1, -0.05) is 27.7 Å². The van der Waals surface area contributed by atoms with Crippen LogP contribution in [0.4, 0.5) is 0 Å². The Labute approximate surface area is 115 Å². The van der Waals surface area contributed by atoms with Crippen molar-refractivity contribution >= 4 is 0 Å². The Bertz CT molecular complexity index is 207. The summed E-state index contributed by atoms with van der Waals surface area (Å²) in [6.07, 6.45) is 5.27. The molecule has 1 N–H and O–H groups in total. The predicted octanol–water partition coefficient (Wildman–Crippen LogP) is 3.52. The van der Waals surface area contributed by atoms with Gasteiger partial charge in [0.25, 0.3) is 0 Å². The molecule has 2 unspecified atom stereocenters. The number of rotatable bonds is 7. The topological polar surface area (TPSA) is 15.3 Å². The number of hydrogen-bond acceptors (Lipinski definition) is 2. The van der Waals surface area contributed by atoms with Crippen LogP contribution in [0.3, 0.4) is 0 Å². The zero-order valence-corrected chi connectivity index (χ0v) is 13.2. The molecule has 2 nitrogen and oxygen atoms in total. The molecule has 0 aromatic carbocycles. The molecule has 0 spiro atoms. The van der Waals surface area contributed by atoms with Crippen LogP contribution in [0.15, 0.2) is 0 Å². The van der Waals surface area contributed by atoms with Crippen LogP contribution in [0, 0.1) is 11.8 Å². The van der Waals surface area contributed by atoms with Gasteiger partial charge < -0.3 is 5.32 Å². The van der Waals surface area contributed by atoms with Crippen molar-refractivity contribution < 1.29 is 0 Å². The molecule has 108 valence electrons. The monoisotopic (exact) mass is 254 g/mol. The lowest BCUT2D eigenvalue weighted by Crippen LogP contribution is -2.51. The van der Waals surface area contributed by atoms with Crippen molar-refractivity contribution in [3.05, 3.63) is 0 Å². The molecule has 0 amide bonds. The van der Waals surface area contributed by atoms with Gasteiger partial charge in [-0.2, -0.15) is 0 Å². The summed E-state index contributed by atoms with van der Waals surface area (Å²) in [5.41, 5.74) is 0. The Morgan fingerprint density at radius 2 is 1.72 bits per heavy atom. The molecule has 1 saturated heterocycles. The van der Waals surface area contributed by atoms with E-state index in [1.165, 1.54) is 38.8 Å². The smallest absolute Gasteiger partial charge is 0.0220 e. The van der Waals surface area contributed by atoms with Gasteiger partial charge >= 0.3 is 0 Å². The molecule has 0 radical (unpaired) electrons. The lowest BCUT2D eigenvalue weighted by atomic mass is 9.86. The van der Waals surface area contributed by atoms with Gasteiger partial charge in [-0.25, -0.2) is 0 Å². The van der Waals surface area contributed by atoms with Crippen molar-refractivity contribution in [3.63, 3.8) is 0 Å². The molecule has 1 fully saturated rings. The van der Waals surface area contributed by atoms with E-state index >= 15 is 0 Å². The fourth-order valence-corrected chi connectivity index (χ4v) is 3.23. The number of piperidine rings is 1. The van der Waals surface area contributed by atoms with Gasteiger partial charge in [0.2, 0.25) is 0 Å². The Balaban J connectivity index is 2.40. The number of likely N-dealkylation sites (tertiary alicyclic amines) is 1. The summed E-state index contributed by atoms with van der Waals surface area (Å²) in [6.45, 7) is 15.5. The SMILES string of the molecule is CCCNC(CC)C(C)N1CCC(C(C)C)CC1. The Morgan fingerprint density at radius 1 is 1.11 bits per heavy atom. The Hall–Kier alpha value is -0.0800. The normalized spacial score (nSPS) is 22.3. The first-order valence-corrected chi connectivity index (χ1v) is 8.07. The standard InChI is InChI=1S/C16H34N2/c1-6-10-17-16(7-2)14(5)18-11-8-15(9-12-18)13(3)4/h13-17H,6-12H2,1-5H3. The molecule has 1 rings (SSSR count). The quantitative estimate of drug-likeness (QED) is 0.748. The van der Waals surface area contributed by atoms with E-state index in [1.807, 2.05) is 0 Å². The van der Waals surface area contributed by atoms with E-state index in [9.17, 15) is 0 Å². The molecule has 18 heavy (non-hydrogen) atoms. The van der Waals surface area contributed by atoms with E-state index in [4.69, 9.17) is 0 Å². The molecular weight excluding hydrogens is 220 g/mol. The third-order valence-corrected chi connectivity index (χ3v) is 4.77. The maximum Gasteiger partial charge on any atom is 0.0220 e. The molecule has 0 aromatic heterocycles. The van der Waals surface area contributed by atoms with Crippen LogP contribution in [0.5, 0.6) is 0 Å². The van der Waals surface area contributed by atoms with Crippen molar-refractivity contribution in [1.29, 1.82) is 0 Å². The first-order valence-electron chi connectivity index (χ1n) is 8.07. The van der Waals surface area contributed by atoms with E-state index in [2.05, 4.69) is 44.8 Å². The van der Waals surface area contributed by atoms with Crippen molar-refractivity contribution in [2.24, 2.45) is 11.8 Å². The fourth-order valence-electron chi connectivity index (χ4n) is 3.23. The van der Waals surface area contributed by atoms with Crippen molar-refractivity contribution in [2.45, 2.75) is 72.4 Å². The van der Waals surface area contributed by atoms with Gasteiger partial charge in [0.05, 0.1) is 0 Å². The van der Waals surface area contributed by atoms with E-state index < -0.39 is 0 Å². The van der Waals surface area contributed by atoms with Gasteiger partial charge in [0.15, 0.2) is 0 Å². The van der Waals surface area contributed by atoms with Crippen molar-refractivity contribution in [3.8, 4) is 0 Å². The van der Waals surface area contributed by atoms with E-state index in [0.29, 0.717) is 12.1 Å². The van der Waals surface area contributed by atoms with Gasteiger partial charge in [-0.15, -0.1) is 0 Å². The first-order chi connectivity index (χ1) is 8.60. The van der Waals surface area contributed by atoms with E-state index in [0.717, 1.165) is 18.4 Å². The summed E-state index contributed by atoms with van der Waals surface area (Å²) >= 11 is 0. The molecule has 0 aliphatic carbocycles. The second-order valence-electron chi connectivity index (χ2n) is 6.33. The highest BCUT2D eigenvalue weighted by Crippen LogP contribution is 2.26. The minimum Gasteiger partial charge on any atom is -0.312 e. The Morgan fingerprint density at radius 3 is 2.17 bits per heavy atom. The van der Waals surface area contributed by atoms with Crippen LogP contribution in [-0.4, -0.2) is 36.6 Å². The van der Waals surface area contributed by atoms with Gasteiger partial charge in [0, 0.05) is 12.1 Å². The predicted molar refractivity (Wildman–Crippen MR) is 81.0 cm³/mol. The minimum absolute atomic E-state index is 0.667. The summed E-state index contributed by atoms with van der Waals surface area (Å²) in [7, 11) is 0. The zero-order chi connectivity index (χ0) is 13.5. The molecule has 0 saturated carbocycles. The molecular formula is C16H34N2. The summed E-state index contributed by atoms with van der Waals surface area (Å²) in [5, 5.41) is 3.71. The molecule has 0 bridgehead atoms. The lowest BCUT2D eigenvalue weighted by molar-refractivity contribution is 0.100. The summed E-state index contributed by atoms with van der Waals surface area (Å²) in [6, 6.07) is 1.36. The molecule has 0 aromatic rings. The molecule has 1 aliphatic rings. The Kier molecular flexibility index (Phi) is 7.25. The average molecular weight is 254 g/mol. The van der Waals surface area contributed by atoms with Crippen molar-refractivity contribution in [2.75, 3.05) is 19.6 Å². The van der Waals surface area contributed by atoms with E-state index in [1.54, 1.807) is 0 Å². The minimum atomic E-state index is 0.667. The van der Waals surface area contributed by atoms with Crippen molar-refractivity contribution in [1.82, 2.24) is 10.2 Å². The highest BCUT2D eigenvalue weighted by atomic mass is 15.2. The molecule has 1 aliphatic heterocycles. The fraction of sp³-hybridized carbons (Fsp3) is 1.00. The number of hydrogen-bond donors (Lipinski definition) is 1. The van der Waals surface area contributed by atoms with Crippen LogP contribution in [-0.2, 0) is 0 Å². The number of nitrogens with one attached hydrogen (secondary N) is 1. The third kappa shape index (κ3) is 4.55. The van der Waals surface area contributed by atoms with Crippen LogP contribution < -0.4 is 5.32 Å². The van der Waals surface area contributed by atoms with Crippen LogP contribution in [0.25, 0.3) is 0 Å². The maximum absolute atomic E-state index is 3.71. The second kappa shape index (κ2) is 8.16.